The van der Waals surface area contributed by atoms with Gasteiger partial charge < -0.3 is 4.74 Å². The van der Waals surface area contributed by atoms with Gasteiger partial charge in [-0.05, 0) is 19.1 Å². The first-order valence-corrected chi connectivity index (χ1v) is 5.33. The van der Waals surface area contributed by atoms with E-state index in [9.17, 15) is 4.39 Å². The smallest absolute Gasteiger partial charge is 0.174 e. The van der Waals surface area contributed by atoms with Gasteiger partial charge in [-0.2, -0.15) is 0 Å². The van der Waals surface area contributed by atoms with Gasteiger partial charge in [0.1, 0.15) is 11.5 Å². The van der Waals surface area contributed by atoms with Crippen LogP contribution in [0.2, 0.25) is 5.15 Å². The van der Waals surface area contributed by atoms with Crippen molar-refractivity contribution in [2.24, 2.45) is 0 Å². The highest BCUT2D eigenvalue weighted by Crippen LogP contribution is 2.30. The lowest BCUT2D eigenvalue weighted by molar-refractivity contribution is 0.387. The number of rotatable bonds is 2. The zero-order valence-electron chi connectivity index (χ0n) is 9.37. The van der Waals surface area contributed by atoms with Crippen molar-refractivity contribution in [3.63, 3.8) is 0 Å². The van der Waals surface area contributed by atoms with Crippen molar-refractivity contribution >= 4 is 11.6 Å². The molecule has 3 nitrogen and oxygen atoms in total. The zero-order chi connectivity index (χ0) is 12.4. The highest BCUT2D eigenvalue weighted by molar-refractivity contribution is 6.30. The standard InChI is InChI=1S/C12H10ClFN2O/c1-7-11(15-6-16-12(7)13)8-4-3-5-9(17-2)10(8)14/h3-6H,1-2H3. The van der Waals surface area contributed by atoms with Crippen LogP contribution >= 0.6 is 11.6 Å². The van der Waals surface area contributed by atoms with Gasteiger partial charge >= 0.3 is 0 Å². The molecule has 0 radical (unpaired) electrons. The Morgan fingerprint density at radius 2 is 2.06 bits per heavy atom. The molecule has 1 heterocycles. The number of aromatic nitrogens is 2. The first-order valence-electron chi connectivity index (χ1n) is 4.95. The Morgan fingerprint density at radius 1 is 1.29 bits per heavy atom. The fourth-order valence-corrected chi connectivity index (χ4v) is 1.68. The minimum Gasteiger partial charge on any atom is -0.494 e. The number of methoxy groups -OCH3 is 1. The number of nitrogens with zero attached hydrogens (tertiary/aromatic N) is 2. The van der Waals surface area contributed by atoms with Crippen LogP contribution in [0.5, 0.6) is 5.75 Å². The predicted octanol–water partition coefficient (Wildman–Crippen LogP) is 3.25. The van der Waals surface area contributed by atoms with Gasteiger partial charge in [0, 0.05) is 11.1 Å². The summed E-state index contributed by atoms with van der Waals surface area (Å²) >= 11 is 5.88. The Kier molecular flexibility index (Phi) is 3.24. The van der Waals surface area contributed by atoms with E-state index in [2.05, 4.69) is 9.97 Å². The summed E-state index contributed by atoms with van der Waals surface area (Å²) in [5.74, 6) is -0.274. The van der Waals surface area contributed by atoms with Crippen LogP contribution in [-0.2, 0) is 0 Å². The molecule has 0 unspecified atom stereocenters. The molecule has 0 aliphatic carbocycles. The van der Waals surface area contributed by atoms with Crippen molar-refractivity contribution < 1.29 is 9.13 Å². The van der Waals surface area contributed by atoms with Crippen LogP contribution in [-0.4, -0.2) is 17.1 Å². The molecule has 88 valence electrons. The normalized spacial score (nSPS) is 10.4. The van der Waals surface area contributed by atoms with Crippen LogP contribution in [0.4, 0.5) is 4.39 Å². The van der Waals surface area contributed by atoms with Crippen LogP contribution in [0, 0.1) is 12.7 Å². The summed E-state index contributed by atoms with van der Waals surface area (Å²) in [6, 6.07) is 4.88. The molecule has 0 bridgehead atoms. The van der Waals surface area contributed by atoms with Gasteiger partial charge in [0.15, 0.2) is 11.6 Å². The monoisotopic (exact) mass is 252 g/mol. The van der Waals surface area contributed by atoms with Crippen LogP contribution in [0.1, 0.15) is 5.56 Å². The third-order valence-corrected chi connectivity index (χ3v) is 2.84. The molecule has 0 saturated carbocycles. The molecule has 5 heteroatoms. The summed E-state index contributed by atoms with van der Waals surface area (Å²) in [4.78, 5) is 7.89. The van der Waals surface area contributed by atoms with Crippen molar-refractivity contribution in [2.75, 3.05) is 7.11 Å². The minimum absolute atomic E-state index is 0.177. The summed E-state index contributed by atoms with van der Waals surface area (Å²) in [6.45, 7) is 1.75. The highest BCUT2D eigenvalue weighted by Gasteiger charge is 2.14. The third kappa shape index (κ3) is 2.08. The molecule has 2 rings (SSSR count). The molecule has 0 saturated heterocycles. The van der Waals surface area contributed by atoms with E-state index >= 15 is 0 Å². The Hall–Kier alpha value is -1.68. The Bertz CT molecular complexity index is 560. The topological polar surface area (TPSA) is 35.0 Å². The number of halogens is 2. The molecular weight excluding hydrogens is 243 g/mol. The average Bonchev–Trinajstić information content (AvgIpc) is 2.33. The van der Waals surface area contributed by atoms with Gasteiger partial charge in [-0.3, -0.25) is 0 Å². The summed E-state index contributed by atoms with van der Waals surface area (Å²) < 4.78 is 19.0. The van der Waals surface area contributed by atoms with Crippen molar-refractivity contribution in [1.82, 2.24) is 9.97 Å². The van der Waals surface area contributed by atoms with Crippen molar-refractivity contribution in [1.29, 1.82) is 0 Å². The Balaban J connectivity index is 2.65. The van der Waals surface area contributed by atoms with Crippen molar-refractivity contribution in [2.45, 2.75) is 6.92 Å². The molecule has 0 fully saturated rings. The Morgan fingerprint density at radius 3 is 2.76 bits per heavy atom. The second kappa shape index (κ2) is 4.67. The van der Waals surface area contributed by atoms with E-state index < -0.39 is 5.82 Å². The van der Waals surface area contributed by atoms with Gasteiger partial charge in [0.25, 0.3) is 0 Å². The summed E-state index contributed by atoms with van der Waals surface area (Å²) in [7, 11) is 1.42. The lowest BCUT2D eigenvalue weighted by Crippen LogP contribution is -1.96. The molecule has 1 aromatic carbocycles. The number of ether oxygens (including phenoxy) is 1. The summed E-state index contributed by atoms with van der Waals surface area (Å²) in [5, 5.41) is 0.317. The average molecular weight is 253 g/mol. The fourth-order valence-electron chi connectivity index (χ4n) is 1.55. The van der Waals surface area contributed by atoms with Gasteiger partial charge in [-0.1, -0.05) is 17.7 Å². The van der Waals surface area contributed by atoms with E-state index in [1.165, 1.54) is 13.4 Å². The molecular formula is C12H10ClFN2O. The molecule has 0 N–H and O–H groups in total. The fraction of sp³-hybridized carbons (Fsp3) is 0.167. The van der Waals surface area contributed by atoms with Gasteiger partial charge in [-0.25, -0.2) is 14.4 Å². The van der Waals surface area contributed by atoms with Gasteiger partial charge in [0.05, 0.1) is 12.8 Å². The first-order chi connectivity index (χ1) is 8.15. The van der Waals surface area contributed by atoms with E-state index in [1.807, 2.05) is 0 Å². The predicted molar refractivity (Wildman–Crippen MR) is 63.7 cm³/mol. The van der Waals surface area contributed by atoms with E-state index in [0.717, 1.165) is 0 Å². The van der Waals surface area contributed by atoms with Gasteiger partial charge in [0.2, 0.25) is 0 Å². The maximum atomic E-state index is 14.0. The van der Waals surface area contributed by atoms with Gasteiger partial charge in [-0.15, -0.1) is 0 Å². The highest BCUT2D eigenvalue weighted by atomic mass is 35.5. The van der Waals surface area contributed by atoms with Crippen molar-refractivity contribution in [3.05, 3.63) is 41.1 Å². The molecule has 0 spiro atoms. The number of hydrogen-bond acceptors (Lipinski definition) is 3. The minimum atomic E-state index is -0.451. The summed E-state index contributed by atoms with van der Waals surface area (Å²) in [6.07, 6.45) is 1.31. The van der Waals surface area contributed by atoms with E-state index in [4.69, 9.17) is 16.3 Å². The van der Waals surface area contributed by atoms with E-state index in [1.54, 1.807) is 25.1 Å². The SMILES string of the molecule is COc1cccc(-c2ncnc(Cl)c2C)c1F. The van der Waals surface area contributed by atoms with E-state index in [-0.39, 0.29) is 5.75 Å². The molecule has 2 aromatic rings. The van der Waals surface area contributed by atoms with Crippen molar-refractivity contribution in [3.8, 4) is 17.0 Å². The third-order valence-electron chi connectivity index (χ3n) is 2.46. The molecule has 0 amide bonds. The maximum Gasteiger partial charge on any atom is 0.174 e. The largest absolute Gasteiger partial charge is 0.494 e. The van der Waals surface area contributed by atoms with Crippen LogP contribution in [0.3, 0.4) is 0 Å². The second-order valence-electron chi connectivity index (χ2n) is 3.46. The molecule has 1 aromatic heterocycles. The maximum absolute atomic E-state index is 14.0. The molecule has 0 aliphatic rings. The molecule has 17 heavy (non-hydrogen) atoms. The van der Waals surface area contributed by atoms with Crippen LogP contribution in [0.25, 0.3) is 11.3 Å². The van der Waals surface area contributed by atoms with Crippen LogP contribution in [0.15, 0.2) is 24.5 Å². The van der Waals surface area contributed by atoms with E-state index in [0.29, 0.717) is 22.0 Å². The lowest BCUT2D eigenvalue weighted by Gasteiger charge is -2.09. The zero-order valence-corrected chi connectivity index (χ0v) is 10.1. The first kappa shape index (κ1) is 11.8. The lowest BCUT2D eigenvalue weighted by atomic mass is 10.1. The Labute approximate surface area is 103 Å². The second-order valence-corrected chi connectivity index (χ2v) is 3.82. The quantitative estimate of drug-likeness (QED) is 0.770. The van der Waals surface area contributed by atoms with Crippen LogP contribution < -0.4 is 4.74 Å². The number of benzene rings is 1. The molecule has 0 aliphatic heterocycles. The number of hydrogen-bond donors (Lipinski definition) is 0. The summed E-state index contributed by atoms with van der Waals surface area (Å²) in [5.41, 5.74) is 1.47. The molecule has 0 atom stereocenters.